The van der Waals surface area contributed by atoms with Gasteiger partial charge in [0.2, 0.25) is 5.75 Å². The summed E-state index contributed by atoms with van der Waals surface area (Å²) >= 11 is 0. The number of unbranched alkanes of at least 4 members (excludes halogenated alkanes) is 3. The van der Waals surface area contributed by atoms with Crippen LogP contribution in [0.3, 0.4) is 0 Å². The van der Waals surface area contributed by atoms with E-state index in [1.54, 1.807) is 0 Å². The van der Waals surface area contributed by atoms with Gasteiger partial charge in [-0.15, -0.1) is 0 Å². The number of nitro groups is 1. The summed E-state index contributed by atoms with van der Waals surface area (Å²) in [7, 11) is 1.31. The van der Waals surface area contributed by atoms with Crippen molar-refractivity contribution < 1.29 is 14.8 Å². The number of non-ortho nitro benzene ring substituents is 1. The Bertz CT molecular complexity index is 782. The van der Waals surface area contributed by atoms with Crippen molar-refractivity contribution in [3.63, 3.8) is 0 Å². The lowest BCUT2D eigenvalue weighted by Crippen LogP contribution is -2.22. The van der Waals surface area contributed by atoms with Crippen LogP contribution in [0.5, 0.6) is 11.5 Å². The predicted octanol–water partition coefficient (Wildman–Crippen LogP) is 3.20. The molecule has 0 unspecified atom stereocenters. The maximum absolute atomic E-state index is 12.5. The van der Waals surface area contributed by atoms with Crippen LogP contribution in [0.15, 0.2) is 23.0 Å². The Morgan fingerprint density at radius 1 is 1.30 bits per heavy atom. The van der Waals surface area contributed by atoms with E-state index in [0.717, 1.165) is 25.7 Å². The van der Waals surface area contributed by atoms with Gasteiger partial charge in [0.1, 0.15) is 0 Å². The van der Waals surface area contributed by atoms with Crippen molar-refractivity contribution in [1.29, 1.82) is 0 Å². The average Bonchev–Trinajstić information content (AvgIpc) is 2.54. The van der Waals surface area contributed by atoms with Crippen LogP contribution in [0.4, 0.5) is 5.69 Å². The second-order valence-corrected chi connectivity index (χ2v) is 5.36. The molecule has 7 heteroatoms. The van der Waals surface area contributed by atoms with Crippen LogP contribution in [0.25, 0.3) is 10.9 Å². The normalized spacial score (nSPS) is 10.9. The number of methoxy groups -OCH3 is 1. The molecule has 0 saturated heterocycles. The molecular formula is C16H20N2O5. The summed E-state index contributed by atoms with van der Waals surface area (Å²) in [5.41, 5.74) is -0.253. The highest BCUT2D eigenvalue weighted by Crippen LogP contribution is 2.33. The lowest BCUT2D eigenvalue weighted by atomic mass is 10.1. The first-order valence-electron chi connectivity index (χ1n) is 7.59. The molecule has 2 rings (SSSR count). The molecule has 0 saturated carbocycles. The number of aryl methyl sites for hydroxylation is 1. The molecule has 0 fully saturated rings. The van der Waals surface area contributed by atoms with Crippen LogP contribution in [0.2, 0.25) is 0 Å². The minimum atomic E-state index is -0.521. The Labute approximate surface area is 133 Å². The highest BCUT2D eigenvalue weighted by molar-refractivity contribution is 5.89. The fourth-order valence-corrected chi connectivity index (χ4v) is 2.62. The number of aromatic nitrogens is 1. The number of ether oxygens (including phenoxy) is 1. The van der Waals surface area contributed by atoms with Gasteiger partial charge >= 0.3 is 0 Å². The summed E-state index contributed by atoms with van der Waals surface area (Å²) in [4.78, 5) is 22.9. The van der Waals surface area contributed by atoms with Crippen LogP contribution in [0.1, 0.15) is 32.6 Å². The van der Waals surface area contributed by atoms with Crippen molar-refractivity contribution in [1.82, 2.24) is 4.57 Å². The first-order chi connectivity index (χ1) is 11.0. The molecule has 0 radical (unpaired) electrons. The predicted molar refractivity (Wildman–Crippen MR) is 87.2 cm³/mol. The lowest BCUT2D eigenvalue weighted by molar-refractivity contribution is -0.384. The summed E-state index contributed by atoms with van der Waals surface area (Å²) < 4.78 is 6.45. The number of nitrogens with zero attached hydrogens (tertiary/aromatic N) is 2. The SMILES string of the molecule is CCCCCCn1c(=O)c(OC)c(O)c2ccc([N+](=O)[O-])cc21. The number of pyridine rings is 1. The molecule has 0 atom stereocenters. The Morgan fingerprint density at radius 2 is 2.04 bits per heavy atom. The van der Waals surface area contributed by atoms with Gasteiger partial charge in [0, 0.05) is 24.1 Å². The number of rotatable bonds is 7. The summed E-state index contributed by atoms with van der Waals surface area (Å²) in [5.74, 6) is -0.422. The van der Waals surface area contributed by atoms with Crippen LogP contribution in [-0.4, -0.2) is 21.7 Å². The van der Waals surface area contributed by atoms with Gasteiger partial charge in [0.15, 0.2) is 5.75 Å². The van der Waals surface area contributed by atoms with E-state index >= 15 is 0 Å². The molecule has 0 aliphatic carbocycles. The van der Waals surface area contributed by atoms with E-state index < -0.39 is 10.5 Å². The number of hydrogen-bond donors (Lipinski definition) is 1. The third-order valence-corrected chi connectivity index (χ3v) is 3.83. The third-order valence-electron chi connectivity index (χ3n) is 3.83. The minimum absolute atomic E-state index is 0.122. The van der Waals surface area contributed by atoms with E-state index in [9.17, 15) is 20.0 Å². The van der Waals surface area contributed by atoms with Gasteiger partial charge in [-0.2, -0.15) is 0 Å². The molecule has 1 aromatic heterocycles. The van der Waals surface area contributed by atoms with E-state index in [4.69, 9.17) is 4.74 Å². The van der Waals surface area contributed by atoms with Gasteiger partial charge in [-0.3, -0.25) is 14.9 Å². The van der Waals surface area contributed by atoms with Crippen LogP contribution >= 0.6 is 0 Å². The van der Waals surface area contributed by atoms with Gasteiger partial charge in [-0.25, -0.2) is 0 Å². The molecule has 0 spiro atoms. The van der Waals surface area contributed by atoms with Crippen molar-refractivity contribution in [3.8, 4) is 11.5 Å². The highest BCUT2D eigenvalue weighted by Gasteiger charge is 2.19. The fourth-order valence-electron chi connectivity index (χ4n) is 2.62. The summed E-state index contributed by atoms with van der Waals surface area (Å²) in [5, 5.41) is 21.5. The average molecular weight is 320 g/mol. The Balaban J connectivity index is 2.61. The third kappa shape index (κ3) is 3.28. The molecule has 124 valence electrons. The van der Waals surface area contributed by atoms with Crippen LogP contribution in [-0.2, 0) is 6.54 Å². The largest absolute Gasteiger partial charge is 0.504 e. The van der Waals surface area contributed by atoms with Gasteiger partial charge < -0.3 is 14.4 Å². The van der Waals surface area contributed by atoms with E-state index in [1.165, 1.54) is 29.9 Å². The minimum Gasteiger partial charge on any atom is -0.504 e. The number of nitro benzene ring substituents is 1. The monoisotopic (exact) mass is 320 g/mol. The molecule has 0 bridgehead atoms. The highest BCUT2D eigenvalue weighted by atomic mass is 16.6. The van der Waals surface area contributed by atoms with Crippen LogP contribution < -0.4 is 10.3 Å². The quantitative estimate of drug-likeness (QED) is 0.480. The molecule has 0 amide bonds. The maximum Gasteiger partial charge on any atom is 0.297 e. The van der Waals surface area contributed by atoms with E-state index in [1.807, 2.05) is 0 Å². The topological polar surface area (TPSA) is 94.6 Å². The van der Waals surface area contributed by atoms with Crippen molar-refractivity contribution in [2.45, 2.75) is 39.2 Å². The standard InChI is InChI=1S/C16H20N2O5/c1-3-4-5-6-9-17-13-10-11(18(21)22)7-8-12(13)14(19)15(23-2)16(17)20/h7-8,10,19H,3-6,9H2,1-2H3. The maximum atomic E-state index is 12.5. The zero-order valence-corrected chi connectivity index (χ0v) is 13.2. The molecule has 0 aliphatic heterocycles. The Morgan fingerprint density at radius 3 is 2.65 bits per heavy atom. The first kappa shape index (κ1) is 16.8. The second-order valence-electron chi connectivity index (χ2n) is 5.36. The fraction of sp³-hybridized carbons (Fsp3) is 0.438. The molecule has 23 heavy (non-hydrogen) atoms. The van der Waals surface area contributed by atoms with E-state index in [-0.39, 0.29) is 17.2 Å². The number of benzene rings is 1. The summed E-state index contributed by atoms with van der Waals surface area (Å²) in [6.45, 7) is 2.52. The van der Waals surface area contributed by atoms with E-state index in [0.29, 0.717) is 17.4 Å². The molecule has 1 N–H and O–H groups in total. The molecular weight excluding hydrogens is 300 g/mol. The first-order valence-corrected chi connectivity index (χ1v) is 7.59. The number of fused-ring (bicyclic) bond motifs is 1. The molecule has 2 aromatic rings. The number of aromatic hydroxyl groups is 1. The molecule has 1 aromatic carbocycles. The van der Waals surface area contributed by atoms with Crippen molar-refractivity contribution in [2.24, 2.45) is 0 Å². The van der Waals surface area contributed by atoms with Gasteiger partial charge in [0.25, 0.3) is 11.2 Å². The van der Waals surface area contributed by atoms with Crippen molar-refractivity contribution in [2.75, 3.05) is 7.11 Å². The van der Waals surface area contributed by atoms with Crippen molar-refractivity contribution >= 4 is 16.6 Å². The zero-order valence-electron chi connectivity index (χ0n) is 13.2. The Hall–Kier alpha value is -2.57. The molecule has 7 nitrogen and oxygen atoms in total. The summed E-state index contributed by atoms with van der Waals surface area (Å²) in [6, 6.07) is 4.05. The second kappa shape index (κ2) is 7.13. The Kier molecular flexibility index (Phi) is 5.20. The lowest BCUT2D eigenvalue weighted by Gasteiger charge is -2.14. The van der Waals surface area contributed by atoms with Gasteiger partial charge in [0.05, 0.1) is 17.5 Å². The van der Waals surface area contributed by atoms with Gasteiger partial charge in [-0.05, 0) is 12.5 Å². The summed E-state index contributed by atoms with van der Waals surface area (Å²) in [6.07, 6.45) is 3.87. The smallest absolute Gasteiger partial charge is 0.297 e. The number of hydrogen-bond acceptors (Lipinski definition) is 5. The molecule has 0 aliphatic rings. The van der Waals surface area contributed by atoms with Gasteiger partial charge in [-0.1, -0.05) is 26.2 Å². The van der Waals surface area contributed by atoms with Crippen molar-refractivity contribution in [3.05, 3.63) is 38.7 Å². The van der Waals surface area contributed by atoms with E-state index in [2.05, 4.69) is 6.92 Å². The zero-order chi connectivity index (χ0) is 17.0. The molecule has 1 heterocycles. The van der Waals surface area contributed by atoms with Crippen LogP contribution in [0, 0.1) is 10.1 Å².